The van der Waals surface area contributed by atoms with E-state index < -0.39 is 0 Å². The minimum atomic E-state index is -0.0543. The normalized spacial score (nSPS) is 12.4. The van der Waals surface area contributed by atoms with E-state index in [0.717, 1.165) is 23.6 Å². The van der Waals surface area contributed by atoms with E-state index in [2.05, 4.69) is 27.8 Å². The second-order valence-electron chi connectivity index (χ2n) is 6.61. The molecule has 2 rings (SSSR count). The molecule has 0 heterocycles. The topological polar surface area (TPSA) is 66.0 Å². The lowest BCUT2D eigenvalue weighted by Crippen LogP contribution is -2.39. The standard InChI is InChI=1S/C22H30N4O2/c1-5-23-22(25-16-20(28-4)18-9-7-6-8-10-18)24-15-17-11-13-19(14-12-17)21(27)26(2)3/h6-14,20H,5,15-16H2,1-4H3,(H2,23,24,25). The van der Waals surface area contributed by atoms with Gasteiger partial charge in [-0.1, -0.05) is 42.5 Å². The van der Waals surface area contributed by atoms with Crippen molar-refractivity contribution in [3.8, 4) is 0 Å². The summed E-state index contributed by atoms with van der Waals surface area (Å²) >= 11 is 0. The molecule has 0 saturated carbocycles. The number of benzene rings is 2. The maximum atomic E-state index is 12.0. The molecule has 0 aliphatic heterocycles. The highest BCUT2D eigenvalue weighted by atomic mass is 16.5. The summed E-state index contributed by atoms with van der Waals surface area (Å²) in [5.74, 6) is 0.727. The second-order valence-corrected chi connectivity index (χ2v) is 6.61. The van der Waals surface area contributed by atoms with Crippen LogP contribution >= 0.6 is 0 Å². The SMILES string of the molecule is CCNC(=NCc1ccc(C(=O)N(C)C)cc1)NCC(OC)c1ccccc1. The fourth-order valence-electron chi connectivity index (χ4n) is 2.72. The Bertz CT molecular complexity index is 758. The third-order valence-electron chi connectivity index (χ3n) is 4.28. The number of nitrogens with zero attached hydrogens (tertiary/aromatic N) is 2. The van der Waals surface area contributed by atoms with E-state index >= 15 is 0 Å². The van der Waals surface area contributed by atoms with Gasteiger partial charge >= 0.3 is 0 Å². The molecule has 2 aromatic carbocycles. The molecule has 1 atom stereocenters. The summed E-state index contributed by atoms with van der Waals surface area (Å²) < 4.78 is 5.60. The third-order valence-corrected chi connectivity index (χ3v) is 4.28. The number of hydrogen-bond donors (Lipinski definition) is 2. The Balaban J connectivity index is 1.98. The Morgan fingerprint density at radius 1 is 1.07 bits per heavy atom. The van der Waals surface area contributed by atoms with Crippen molar-refractivity contribution in [2.45, 2.75) is 19.6 Å². The first kappa shape index (κ1) is 21.4. The maximum absolute atomic E-state index is 12.0. The van der Waals surface area contributed by atoms with Crippen LogP contribution in [0.2, 0.25) is 0 Å². The quantitative estimate of drug-likeness (QED) is 0.544. The van der Waals surface area contributed by atoms with E-state index in [-0.39, 0.29) is 12.0 Å². The molecule has 2 aromatic rings. The fraction of sp³-hybridized carbons (Fsp3) is 0.364. The summed E-state index contributed by atoms with van der Waals surface area (Å²) in [6.45, 7) is 3.94. The van der Waals surface area contributed by atoms with Gasteiger partial charge in [-0.25, -0.2) is 4.99 Å². The smallest absolute Gasteiger partial charge is 0.253 e. The minimum Gasteiger partial charge on any atom is -0.375 e. The zero-order chi connectivity index (χ0) is 20.4. The number of hydrogen-bond acceptors (Lipinski definition) is 3. The molecule has 0 aliphatic carbocycles. The Labute approximate surface area is 167 Å². The van der Waals surface area contributed by atoms with Gasteiger partial charge in [0, 0.05) is 39.9 Å². The molecule has 0 aliphatic rings. The highest BCUT2D eigenvalue weighted by molar-refractivity contribution is 5.93. The van der Waals surface area contributed by atoms with Crippen molar-refractivity contribution in [2.24, 2.45) is 4.99 Å². The molecule has 0 fully saturated rings. The summed E-state index contributed by atoms with van der Waals surface area (Å²) in [7, 11) is 5.20. The van der Waals surface area contributed by atoms with Gasteiger partial charge in [-0.15, -0.1) is 0 Å². The van der Waals surface area contributed by atoms with Crippen LogP contribution in [0.4, 0.5) is 0 Å². The average molecular weight is 383 g/mol. The van der Waals surface area contributed by atoms with Crippen molar-refractivity contribution < 1.29 is 9.53 Å². The predicted octanol–water partition coefficient (Wildman–Crippen LogP) is 2.83. The number of aliphatic imine (C=N–C) groups is 1. The lowest BCUT2D eigenvalue weighted by Gasteiger charge is -2.18. The molecular weight excluding hydrogens is 352 g/mol. The number of methoxy groups -OCH3 is 1. The number of carbonyl (C=O) groups excluding carboxylic acids is 1. The van der Waals surface area contributed by atoms with Crippen LogP contribution in [-0.4, -0.2) is 51.1 Å². The predicted molar refractivity (Wildman–Crippen MR) is 113 cm³/mol. The van der Waals surface area contributed by atoms with Crippen molar-refractivity contribution in [3.05, 3.63) is 71.3 Å². The molecule has 28 heavy (non-hydrogen) atoms. The first-order chi connectivity index (χ1) is 13.5. The maximum Gasteiger partial charge on any atom is 0.253 e. The van der Waals surface area contributed by atoms with Crippen molar-refractivity contribution in [1.29, 1.82) is 0 Å². The van der Waals surface area contributed by atoms with E-state index in [1.165, 1.54) is 0 Å². The summed E-state index contributed by atoms with van der Waals surface area (Å²) in [5, 5.41) is 6.59. The van der Waals surface area contributed by atoms with E-state index in [4.69, 9.17) is 4.74 Å². The van der Waals surface area contributed by atoms with Crippen molar-refractivity contribution in [2.75, 3.05) is 34.3 Å². The van der Waals surface area contributed by atoms with Crippen LogP contribution in [0.1, 0.15) is 34.5 Å². The summed E-state index contributed by atoms with van der Waals surface area (Å²) in [5.41, 5.74) is 2.84. The molecule has 0 radical (unpaired) electrons. The molecule has 0 bridgehead atoms. The number of nitrogens with one attached hydrogen (secondary N) is 2. The van der Waals surface area contributed by atoms with Crippen LogP contribution in [-0.2, 0) is 11.3 Å². The molecule has 1 unspecified atom stereocenters. The van der Waals surface area contributed by atoms with Gasteiger partial charge < -0.3 is 20.3 Å². The molecule has 6 nitrogen and oxygen atoms in total. The van der Waals surface area contributed by atoms with E-state index in [0.29, 0.717) is 18.7 Å². The molecule has 6 heteroatoms. The van der Waals surface area contributed by atoms with Crippen LogP contribution in [0.5, 0.6) is 0 Å². The van der Waals surface area contributed by atoms with Crippen molar-refractivity contribution in [3.63, 3.8) is 0 Å². The Hall–Kier alpha value is -2.86. The van der Waals surface area contributed by atoms with Gasteiger partial charge in [0.2, 0.25) is 0 Å². The van der Waals surface area contributed by atoms with E-state index in [1.54, 1.807) is 26.1 Å². The van der Waals surface area contributed by atoms with Crippen LogP contribution in [0, 0.1) is 0 Å². The number of ether oxygens (including phenoxy) is 1. The molecule has 1 amide bonds. The number of amides is 1. The van der Waals surface area contributed by atoms with E-state index in [9.17, 15) is 4.79 Å². The van der Waals surface area contributed by atoms with Crippen molar-refractivity contribution in [1.82, 2.24) is 15.5 Å². The summed E-state index contributed by atoms with van der Waals surface area (Å²) in [4.78, 5) is 18.2. The zero-order valence-electron chi connectivity index (χ0n) is 17.1. The molecule has 2 N–H and O–H groups in total. The van der Waals surface area contributed by atoms with Crippen molar-refractivity contribution >= 4 is 11.9 Å². The Morgan fingerprint density at radius 2 is 1.75 bits per heavy atom. The van der Waals surface area contributed by atoms with Crippen LogP contribution in [0.3, 0.4) is 0 Å². The molecule has 150 valence electrons. The number of guanidine groups is 1. The van der Waals surface area contributed by atoms with Gasteiger partial charge in [0.15, 0.2) is 5.96 Å². The molecule has 0 saturated heterocycles. The van der Waals surface area contributed by atoms with Crippen LogP contribution < -0.4 is 10.6 Å². The van der Waals surface area contributed by atoms with E-state index in [1.807, 2.05) is 49.4 Å². The molecule has 0 spiro atoms. The average Bonchev–Trinajstić information content (AvgIpc) is 2.73. The van der Waals surface area contributed by atoms with Crippen LogP contribution in [0.25, 0.3) is 0 Å². The second kappa shape index (κ2) is 11.1. The Morgan fingerprint density at radius 3 is 2.32 bits per heavy atom. The van der Waals surface area contributed by atoms with Gasteiger partial charge in [0.05, 0.1) is 12.6 Å². The first-order valence-corrected chi connectivity index (χ1v) is 9.45. The first-order valence-electron chi connectivity index (χ1n) is 9.45. The lowest BCUT2D eigenvalue weighted by molar-refractivity contribution is 0.0827. The highest BCUT2D eigenvalue weighted by Crippen LogP contribution is 2.14. The molecule has 0 aromatic heterocycles. The van der Waals surface area contributed by atoms with Gasteiger partial charge in [0.1, 0.15) is 0 Å². The minimum absolute atomic E-state index is 0.00317. The lowest BCUT2D eigenvalue weighted by atomic mass is 10.1. The largest absolute Gasteiger partial charge is 0.375 e. The van der Waals surface area contributed by atoms with Gasteiger partial charge in [-0.3, -0.25) is 4.79 Å². The number of carbonyl (C=O) groups is 1. The zero-order valence-corrected chi connectivity index (χ0v) is 17.1. The number of rotatable bonds is 8. The van der Waals surface area contributed by atoms with Gasteiger partial charge in [-0.2, -0.15) is 0 Å². The van der Waals surface area contributed by atoms with Gasteiger partial charge in [-0.05, 0) is 30.2 Å². The third kappa shape index (κ3) is 6.39. The summed E-state index contributed by atoms with van der Waals surface area (Å²) in [6, 6.07) is 17.7. The fourth-order valence-corrected chi connectivity index (χ4v) is 2.72. The summed E-state index contributed by atoms with van der Waals surface area (Å²) in [6.07, 6.45) is -0.0543. The van der Waals surface area contributed by atoms with Crippen LogP contribution in [0.15, 0.2) is 59.6 Å². The highest BCUT2D eigenvalue weighted by Gasteiger charge is 2.11. The van der Waals surface area contributed by atoms with Gasteiger partial charge in [0.25, 0.3) is 5.91 Å². The Kier molecular flexibility index (Phi) is 8.49. The monoisotopic (exact) mass is 382 g/mol. The molecular formula is C22H30N4O2.